The largest absolute Gasteiger partial charge is 0.492 e. The van der Waals surface area contributed by atoms with E-state index in [1.165, 1.54) is 0 Å². The number of rotatable bonds is 6. The van der Waals surface area contributed by atoms with Crippen molar-refractivity contribution in [3.05, 3.63) is 64.1 Å². The van der Waals surface area contributed by atoms with Gasteiger partial charge in [-0.3, -0.25) is 4.79 Å². The molecule has 0 aliphatic rings. The monoisotopic (exact) mass is 347 g/mol. The molecule has 2 aromatic carbocycles. The van der Waals surface area contributed by atoms with E-state index in [2.05, 4.69) is 28.2 Å². The maximum Gasteiger partial charge on any atom is 0.251 e. The molecule has 0 aliphatic heterocycles. The van der Waals surface area contributed by atoms with Gasteiger partial charge in [-0.25, -0.2) is 0 Å². The van der Waals surface area contributed by atoms with Crippen LogP contribution in [0.5, 0.6) is 5.75 Å². The first kappa shape index (κ1) is 15.6. The maximum absolute atomic E-state index is 12.1. The van der Waals surface area contributed by atoms with E-state index in [1.54, 1.807) is 12.1 Å². The molecule has 0 fully saturated rings. The van der Waals surface area contributed by atoms with Gasteiger partial charge in [0.15, 0.2) is 0 Å². The Hall–Kier alpha value is -1.81. The fourth-order valence-electron chi connectivity index (χ4n) is 1.85. The van der Waals surface area contributed by atoms with Gasteiger partial charge in [-0.2, -0.15) is 0 Å². The minimum atomic E-state index is -0.0957. The lowest BCUT2D eigenvalue weighted by molar-refractivity contribution is 0.0951. The van der Waals surface area contributed by atoms with Crippen molar-refractivity contribution >= 4 is 21.8 Å². The Bertz CT molecular complexity index is 599. The topological polar surface area (TPSA) is 38.3 Å². The molecular formula is C17H18BrNO2. The summed E-state index contributed by atoms with van der Waals surface area (Å²) in [5.41, 5.74) is 1.69. The molecule has 0 atom stereocenters. The second-order valence-corrected chi connectivity index (χ2v) is 5.52. The Kier molecular flexibility index (Phi) is 5.81. The highest BCUT2D eigenvalue weighted by Gasteiger charge is 2.09. The van der Waals surface area contributed by atoms with Crippen LogP contribution in [0.4, 0.5) is 0 Å². The van der Waals surface area contributed by atoms with Crippen molar-refractivity contribution in [1.82, 2.24) is 5.32 Å². The van der Waals surface area contributed by atoms with E-state index in [9.17, 15) is 4.79 Å². The zero-order valence-corrected chi connectivity index (χ0v) is 13.5. The third-order valence-corrected chi connectivity index (χ3v) is 3.57. The molecule has 1 N–H and O–H groups in total. The smallest absolute Gasteiger partial charge is 0.251 e. The summed E-state index contributed by atoms with van der Waals surface area (Å²) in [5, 5.41) is 2.90. The van der Waals surface area contributed by atoms with Crippen molar-refractivity contribution in [3.63, 3.8) is 0 Å². The standard InChI is InChI=1S/C17H18BrNO2/c1-2-10-21-16-9-8-14(11-15(16)18)17(20)19-12-13-6-4-3-5-7-13/h3-9,11H,2,10,12H2,1H3,(H,19,20). The van der Waals surface area contributed by atoms with Crippen LogP contribution in [0.25, 0.3) is 0 Å². The third kappa shape index (κ3) is 4.60. The normalized spacial score (nSPS) is 10.2. The molecule has 0 saturated heterocycles. The van der Waals surface area contributed by atoms with E-state index in [1.807, 2.05) is 36.4 Å². The van der Waals surface area contributed by atoms with Crippen LogP contribution in [0.15, 0.2) is 53.0 Å². The van der Waals surface area contributed by atoms with E-state index in [-0.39, 0.29) is 5.91 Å². The Labute approximate surface area is 133 Å². The highest BCUT2D eigenvalue weighted by molar-refractivity contribution is 9.10. The minimum absolute atomic E-state index is 0.0957. The van der Waals surface area contributed by atoms with Crippen LogP contribution in [-0.4, -0.2) is 12.5 Å². The molecule has 110 valence electrons. The average Bonchev–Trinajstić information content (AvgIpc) is 2.52. The van der Waals surface area contributed by atoms with Gasteiger partial charge in [0.05, 0.1) is 11.1 Å². The van der Waals surface area contributed by atoms with Crippen LogP contribution in [-0.2, 0) is 6.54 Å². The summed E-state index contributed by atoms with van der Waals surface area (Å²) in [7, 11) is 0. The van der Waals surface area contributed by atoms with Gasteiger partial charge in [0.1, 0.15) is 5.75 Å². The predicted octanol–water partition coefficient (Wildman–Crippen LogP) is 4.17. The van der Waals surface area contributed by atoms with Crippen molar-refractivity contribution in [2.75, 3.05) is 6.61 Å². The zero-order valence-electron chi connectivity index (χ0n) is 11.9. The molecule has 0 aromatic heterocycles. The number of hydrogen-bond acceptors (Lipinski definition) is 2. The summed E-state index contributed by atoms with van der Waals surface area (Å²) in [4.78, 5) is 12.1. The molecule has 1 amide bonds. The Morgan fingerprint density at radius 2 is 1.95 bits per heavy atom. The second kappa shape index (κ2) is 7.84. The van der Waals surface area contributed by atoms with Crippen molar-refractivity contribution in [1.29, 1.82) is 0 Å². The number of hydrogen-bond donors (Lipinski definition) is 1. The van der Waals surface area contributed by atoms with Crippen molar-refractivity contribution in [2.24, 2.45) is 0 Å². The van der Waals surface area contributed by atoms with E-state index in [4.69, 9.17) is 4.74 Å². The molecule has 0 saturated carbocycles. The summed E-state index contributed by atoms with van der Waals surface area (Å²) < 4.78 is 6.37. The van der Waals surface area contributed by atoms with Gasteiger partial charge in [0.2, 0.25) is 0 Å². The molecule has 0 heterocycles. The van der Waals surface area contributed by atoms with Crippen LogP contribution >= 0.6 is 15.9 Å². The lowest BCUT2D eigenvalue weighted by Crippen LogP contribution is -2.22. The Morgan fingerprint density at radius 1 is 1.19 bits per heavy atom. The average molecular weight is 348 g/mol. The lowest BCUT2D eigenvalue weighted by atomic mass is 10.2. The van der Waals surface area contributed by atoms with Crippen molar-refractivity contribution in [2.45, 2.75) is 19.9 Å². The fraction of sp³-hybridized carbons (Fsp3) is 0.235. The van der Waals surface area contributed by atoms with Gasteiger partial charge in [-0.1, -0.05) is 37.3 Å². The quantitative estimate of drug-likeness (QED) is 0.851. The van der Waals surface area contributed by atoms with Crippen LogP contribution in [0, 0.1) is 0 Å². The zero-order chi connectivity index (χ0) is 15.1. The van der Waals surface area contributed by atoms with Gasteiger partial charge >= 0.3 is 0 Å². The minimum Gasteiger partial charge on any atom is -0.492 e. The summed E-state index contributed by atoms with van der Waals surface area (Å²) in [6.45, 7) is 3.24. The molecule has 0 radical (unpaired) electrons. The highest BCUT2D eigenvalue weighted by Crippen LogP contribution is 2.26. The molecule has 0 aliphatic carbocycles. The van der Waals surface area contributed by atoms with Gasteiger partial charge < -0.3 is 10.1 Å². The fourth-order valence-corrected chi connectivity index (χ4v) is 2.34. The van der Waals surface area contributed by atoms with Crippen molar-refractivity contribution < 1.29 is 9.53 Å². The Balaban J connectivity index is 1.98. The number of carbonyl (C=O) groups is 1. The molecule has 0 bridgehead atoms. The van der Waals surface area contributed by atoms with Gasteiger partial charge in [-0.05, 0) is 46.1 Å². The molecule has 3 nitrogen and oxygen atoms in total. The first-order chi connectivity index (χ1) is 10.2. The highest BCUT2D eigenvalue weighted by atomic mass is 79.9. The maximum atomic E-state index is 12.1. The number of ether oxygens (including phenoxy) is 1. The van der Waals surface area contributed by atoms with E-state index in [0.717, 1.165) is 22.2 Å². The molecular weight excluding hydrogens is 330 g/mol. The molecule has 2 rings (SSSR count). The molecule has 21 heavy (non-hydrogen) atoms. The summed E-state index contributed by atoms with van der Waals surface area (Å²) >= 11 is 3.44. The lowest BCUT2D eigenvalue weighted by Gasteiger charge is -2.09. The third-order valence-electron chi connectivity index (χ3n) is 2.95. The van der Waals surface area contributed by atoms with Crippen LogP contribution in [0.1, 0.15) is 29.3 Å². The molecule has 0 unspecified atom stereocenters. The second-order valence-electron chi connectivity index (χ2n) is 4.66. The molecule has 0 spiro atoms. The molecule has 4 heteroatoms. The van der Waals surface area contributed by atoms with E-state index >= 15 is 0 Å². The van der Waals surface area contributed by atoms with Crippen LogP contribution in [0.3, 0.4) is 0 Å². The van der Waals surface area contributed by atoms with E-state index in [0.29, 0.717) is 18.7 Å². The predicted molar refractivity (Wildman–Crippen MR) is 87.5 cm³/mol. The number of carbonyl (C=O) groups excluding carboxylic acids is 1. The number of benzene rings is 2. The number of halogens is 1. The summed E-state index contributed by atoms with van der Waals surface area (Å²) in [6, 6.07) is 15.2. The van der Waals surface area contributed by atoms with Crippen LogP contribution < -0.4 is 10.1 Å². The molecule has 2 aromatic rings. The summed E-state index contributed by atoms with van der Waals surface area (Å²) in [5.74, 6) is 0.665. The van der Waals surface area contributed by atoms with Gasteiger partial charge in [0, 0.05) is 12.1 Å². The Morgan fingerprint density at radius 3 is 2.62 bits per heavy atom. The van der Waals surface area contributed by atoms with Crippen LogP contribution in [0.2, 0.25) is 0 Å². The van der Waals surface area contributed by atoms with Gasteiger partial charge in [0.25, 0.3) is 5.91 Å². The van der Waals surface area contributed by atoms with E-state index < -0.39 is 0 Å². The number of amides is 1. The number of nitrogens with one attached hydrogen (secondary N) is 1. The first-order valence-corrected chi connectivity index (χ1v) is 7.74. The van der Waals surface area contributed by atoms with Crippen molar-refractivity contribution in [3.8, 4) is 5.75 Å². The SMILES string of the molecule is CCCOc1ccc(C(=O)NCc2ccccc2)cc1Br. The first-order valence-electron chi connectivity index (χ1n) is 6.95. The van der Waals surface area contributed by atoms with Gasteiger partial charge in [-0.15, -0.1) is 0 Å². The summed E-state index contributed by atoms with van der Waals surface area (Å²) in [6.07, 6.45) is 0.950.